The number of aliphatic hydroxyl groups excluding tert-OH is 1. The molecule has 3 aliphatic carbocycles. The smallest absolute Gasteiger partial charge is 0.261 e. The summed E-state index contributed by atoms with van der Waals surface area (Å²) in [7, 11) is 0. The average Bonchev–Trinajstić information content (AvgIpc) is 3.73. The summed E-state index contributed by atoms with van der Waals surface area (Å²) < 4.78 is 0. The summed E-state index contributed by atoms with van der Waals surface area (Å²) in [6.07, 6.45) is 6.76. The number of carbonyl (C=O) groups excluding carboxylic acids is 1. The van der Waals surface area contributed by atoms with Crippen molar-refractivity contribution < 1.29 is 15.0 Å². The van der Waals surface area contributed by atoms with E-state index in [1.807, 2.05) is 30.3 Å². The molecule has 2 aromatic carbocycles. The lowest BCUT2D eigenvalue weighted by Gasteiger charge is -2.52. The molecule has 0 spiro atoms. The molecule has 7 nitrogen and oxygen atoms in total. The van der Waals surface area contributed by atoms with E-state index in [1.165, 1.54) is 30.5 Å². The van der Waals surface area contributed by atoms with Gasteiger partial charge >= 0.3 is 0 Å². The first-order chi connectivity index (χ1) is 19.8. The lowest BCUT2D eigenvalue weighted by molar-refractivity contribution is 0.0744. The molecule has 4 atom stereocenters. The Kier molecular flexibility index (Phi) is 6.55. The molecule has 1 aromatic heterocycles. The fourth-order valence-electron chi connectivity index (χ4n) is 7.85. The third kappa shape index (κ3) is 4.79. The maximum absolute atomic E-state index is 13.4. The third-order valence-electron chi connectivity index (χ3n) is 10.2. The molecule has 1 saturated carbocycles. The second-order valence-electron chi connectivity index (χ2n) is 12.8. The van der Waals surface area contributed by atoms with Crippen LogP contribution in [0.15, 0.2) is 53.3 Å². The Morgan fingerprint density at radius 2 is 1.95 bits per heavy atom. The molecule has 2 bridgehead atoms. The first-order valence-electron chi connectivity index (χ1n) is 15.2. The number of piperidine rings is 1. The fourth-order valence-corrected chi connectivity index (χ4v) is 7.85. The number of nitrogens with zero attached hydrogens (tertiary/aromatic N) is 1. The van der Waals surface area contributed by atoms with Crippen LogP contribution in [0.25, 0.3) is 0 Å². The molecule has 0 radical (unpaired) electrons. The number of hydrogen-bond acceptors (Lipinski definition) is 5. The number of likely N-dealkylation sites (tertiary alicyclic amines) is 1. The molecule has 4 aliphatic rings. The number of aromatic amines is 1. The third-order valence-corrected chi connectivity index (χ3v) is 10.2. The van der Waals surface area contributed by atoms with Crippen LogP contribution in [-0.2, 0) is 31.1 Å². The van der Waals surface area contributed by atoms with Crippen molar-refractivity contribution in [1.29, 1.82) is 0 Å². The molecular weight excluding hydrogens is 514 g/mol. The topological polar surface area (TPSA) is 106 Å². The van der Waals surface area contributed by atoms with Gasteiger partial charge in [-0.15, -0.1) is 0 Å². The predicted molar refractivity (Wildman–Crippen MR) is 157 cm³/mol. The van der Waals surface area contributed by atoms with Crippen molar-refractivity contribution in [2.45, 2.75) is 81.9 Å². The summed E-state index contributed by atoms with van der Waals surface area (Å²) in [5, 5.41) is 24.0. The van der Waals surface area contributed by atoms with Gasteiger partial charge in [-0.1, -0.05) is 37.3 Å². The molecule has 41 heavy (non-hydrogen) atoms. The van der Waals surface area contributed by atoms with Crippen LogP contribution in [0.5, 0.6) is 5.75 Å². The summed E-state index contributed by atoms with van der Waals surface area (Å²) in [6.45, 7) is 4.25. The molecular formula is C34H39N3O4. The maximum Gasteiger partial charge on any atom is 0.261 e. The minimum absolute atomic E-state index is 0.0819. The SMILES string of the molecule is CCc1cc(C(=O)N[C@H]2c3ccccc3C[C@H]2O)c(=O)[nH]c1C[C@]12CCN(CC3CC3)[C@H](Cc3ccc(O)cc31)C2. The van der Waals surface area contributed by atoms with Gasteiger partial charge in [0.15, 0.2) is 0 Å². The zero-order valence-corrected chi connectivity index (χ0v) is 23.7. The Morgan fingerprint density at radius 3 is 2.76 bits per heavy atom. The lowest BCUT2D eigenvalue weighted by atomic mass is 9.61. The largest absolute Gasteiger partial charge is 0.508 e. The highest BCUT2D eigenvalue weighted by Gasteiger charge is 2.47. The van der Waals surface area contributed by atoms with Crippen LogP contribution >= 0.6 is 0 Å². The van der Waals surface area contributed by atoms with Crippen LogP contribution in [0, 0.1) is 5.92 Å². The number of nitrogens with one attached hydrogen (secondary N) is 2. The van der Waals surface area contributed by atoms with Crippen molar-refractivity contribution in [3.05, 3.63) is 98.0 Å². The van der Waals surface area contributed by atoms with E-state index in [0.29, 0.717) is 25.3 Å². The van der Waals surface area contributed by atoms with E-state index in [0.717, 1.165) is 54.1 Å². The highest BCUT2D eigenvalue weighted by Crippen LogP contribution is 2.49. The van der Waals surface area contributed by atoms with Crippen LogP contribution in [0.1, 0.15) is 82.5 Å². The molecule has 1 saturated heterocycles. The molecule has 2 heterocycles. The zero-order chi connectivity index (χ0) is 28.3. The van der Waals surface area contributed by atoms with Crippen molar-refractivity contribution in [3.63, 3.8) is 0 Å². The number of rotatable bonds is 7. The number of H-pyrrole nitrogens is 1. The van der Waals surface area contributed by atoms with Crippen molar-refractivity contribution in [1.82, 2.24) is 15.2 Å². The van der Waals surface area contributed by atoms with Crippen LogP contribution < -0.4 is 10.9 Å². The van der Waals surface area contributed by atoms with Gasteiger partial charge in [0, 0.05) is 30.1 Å². The van der Waals surface area contributed by atoms with Gasteiger partial charge in [0.1, 0.15) is 11.3 Å². The van der Waals surface area contributed by atoms with E-state index in [2.05, 4.69) is 28.2 Å². The van der Waals surface area contributed by atoms with Gasteiger partial charge in [-0.05, 0) is 103 Å². The number of amides is 1. The Labute approximate surface area is 240 Å². The summed E-state index contributed by atoms with van der Waals surface area (Å²) in [5.41, 5.74) is 5.77. The normalized spacial score (nSPS) is 26.8. The summed E-state index contributed by atoms with van der Waals surface area (Å²) in [4.78, 5) is 32.6. The highest BCUT2D eigenvalue weighted by molar-refractivity contribution is 5.94. The molecule has 1 amide bonds. The number of pyridine rings is 1. The van der Waals surface area contributed by atoms with Gasteiger partial charge < -0.3 is 20.5 Å². The number of phenols is 1. The van der Waals surface area contributed by atoms with Gasteiger partial charge in [0.05, 0.1) is 12.1 Å². The molecule has 7 heteroatoms. The van der Waals surface area contributed by atoms with E-state index in [-0.39, 0.29) is 16.7 Å². The quantitative estimate of drug-likeness (QED) is 0.355. The summed E-state index contributed by atoms with van der Waals surface area (Å²) in [6, 6.07) is 15.2. The van der Waals surface area contributed by atoms with Gasteiger partial charge in [-0.25, -0.2) is 0 Å². The van der Waals surface area contributed by atoms with Crippen molar-refractivity contribution in [2.75, 3.05) is 13.1 Å². The van der Waals surface area contributed by atoms with Gasteiger partial charge in [-0.2, -0.15) is 0 Å². The molecule has 4 N–H and O–H groups in total. The number of aliphatic hydroxyl groups is 1. The number of fused-ring (bicyclic) bond motifs is 5. The monoisotopic (exact) mass is 553 g/mol. The minimum Gasteiger partial charge on any atom is -0.508 e. The minimum atomic E-state index is -0.721. The molecule has 7 rings (SSSR count). The van der Waals surface area contributed by atoms with Crippen LogP contribution in [0.3, 0.4) is 0 Å². The predicted octanol–water partition coefficient (Wildman–Crippen LogP) is 3.94. The number of aromatic nitrogens is 1. The number of aryl methyl sites for hydroxylation is 1. The van der Waals surface area contributed by atoms with Crippen molar-refractivity contribution in [2.24, 2.45) is 5.92 Å². The second kappa shape index (κ2) is 10.1. The molecule has 0 unspecified atom stereocenters. The molecule has 3 aromatic rings. The molecule has 214 valence electrons. The number of carbonyl (C=O) groups is 1. The Hall–Kier alpha value is -3.42. The second-order valence-corrected chi connectivity index (χ2v) is 12.8. The van der Waals surface area contributed by atoms with Gasteiger partial charge in [0.2, 0.25) is 0 Å². The van der Waals surface area contributed by atoms with E-state index in [9.17, 15) is 19.8 Å². The van der Waals surface area contributed by atoms with E-state index < -0.39 is 23.6 Å². The number of benzene rings is 2. The lowest BCUT2D eigenvalue weighted by Crippen LogP contribution is -2.54. The summed E-state index contributed by atoms with van der Waals surface area (Å²) >= 11 is 0. The van der Waals surface area contributed by atoms with Gasteiger partial charge in [0.25, 0.3) is 11.5 Å². The van der Waals surface area contributed by atoms with Crippen molar-refractivity contribution >= 4 is 5.91 Å². The summed E-state index contributed by atoms with van der Waals surface area (Å²) in [5.74, 6) is 0.658. The first kappa shape index (κ1) is 26.5. The van der Waals surface area contributed by atoms with E-state index in [4.69, 9.17) is 0 Å². The van der Waals surface area contributed by atoms with Crippen LogP contribution in [0.4, 0.5) is 0 Å². The van der Waals surface area contributed by atoms with Gasteiger partial charge in [-0.3, -0.25) is 14.5 Å². The molecule has 2 fully saturated rings. The van der Waals surface area contributed by atoms with Crippen LogP contribution in [0.2, 0.25) is 0 Å². The van der Waals surface area contributed by atoms with Crippen LogP contribution in [-0.4, -0.2) is 51.2 Å². The number of phenolic OH excluding ortho intramolecular Hbond substituents is 1. The average molecular weight is 554 g/mol. The zero-order valence-electron chi connectivity index (χ0n) is 23.7. The maximum atomic E-state index is 13.4. The number of aromatic hydroxyl groups is 1. The Morgan fingerprint density at radius 1 is 1.12 bits per heavy atom. The Bertz CT molecular complexity index is 1560. The molecule has 1 aliphatic heterocycles. The standard InChI is InChI=1S/C34H39N3O4/c1-2-21-14-27(33(41)36-31-26-6-4-3-5-22(26)15-30(31)39)32(40)35-29(21)18-34-11-12-37(19-20-7-8-20)24(17-34)13-23-9-10-25(38)16-28(23)34/h3-6,9-10,14,16,20,24,30-31,38-39H,2,7-8,11-13,15,17-19H2,1H3,(H,35,40)(H,36,41)/t24-,30-,31+,34-/m1/s1. The highest BCUT2D eigenvalue weighted by atomic mass is 16.3. The number of hydrogen-bond donors (Lipinski definition) is 4. The fraction of sp³-hybridized carbons (Fsp3) is 0.471. The Balaban J connectivity index is 1.19. The van der Waals surface area contributed by atoms with Crippen molar-refractivity contribution in [3.8, 4) is 5.75 Å². The first-order valence-corrected chi connectivity index (χ1v) is 15.2. The van der Waals surface area contributed by atoms with E-state index >= 15 is 0 Å². The van der Waals surface area contributed by atoms with E-state index in [1.54, 1.807) is 12.1 Å².